The van der Waals surface area contributed by atoms with Crippen molar-refractivity contribution in [3.8, 4) is 0 Å². The van der Waals surface area contributed by atoms with E-state index in [-0.39, 0.29) is 18.5 Å². The van der Waals surface area contributed by atoms with Gasteiger partial charge in [0.15, 0.2) is 0 Å². The molecule has 27 heavy (non-hydrogen) atoms. The molecule has 0 saturated carbocycles. The first kappa shape index (κ1) is 21.2. The number of methoxy groups -OCH3 is 1. The Morgan fingerprint density at radius 1 is 1.22 bits per heavy atom. The van der Waals surface area contributed by atoms with E-state index in [1.165, 1.54) is 4.31 Å². The highest BCUT2D eigenvalue weighted by atomic mass is 35.5. The minimum atomic E-state index is -3.50. The van der Waals surface area contributed by atoms with Crippen LogP contribution in [0.3, 0.4) is 0 Å². The van der Waals surface area contributed by atoms with Crippen LogP contribution < -0.4 is 9.62 Å². The SMILES string of the molecule is COC[C@H](C)NC(=O)c1ccc(CN(c2cccc(Cl)c2)S(C)(=O)=O)cc1. The molecule has 0 spiro atoms. The second kappa shape index (κ2) is 9.21. The molecule has 0 radical (unpaired) electrons. The van der Waals surface area contributed by atoms with Gasteiger partial charge >= 0.3 is 0 Å². The molecule has 2 aromatic carbocycles. The summed E-state index contributed by atoms with van der Waals surface area (Å²) in [6, 6.07) is 13.4. The van der Waals surface area contributed by atoms with E-state index < -0.39 is 10.0 Å². The van der Waals surface area contributed by atoms with E-state index in [1.807, 2.05) is 6.92 Å². The van der Waals surface area contributed by atoms with Gasteiger partial charge in [-0.25, -0.2) is 8.42 Å². The minimum Gasteiger partial charge on any atom is -0.383 e. The number of sulfonamides is 1. The van der Waals surface area contributed by atoms with E-state index in [0.717, 1.165) is 11.8 Å². The number of benzene rings is 2. The standard InChI is InChI=1S/C19H23ClN2O4S/c1-14(13-26-2)21-19(23)16-9-7-15(8-10-16)12-22(27(3,24)25)18-6-4-5-17(20)11-18/h4-11,14H,12-13H2,1-3H3,(H,21,23)/t14-/m0/s1. The molecule has 0 unspecified atom stereocenters. The Hall–Kier alpha value is -2.09. The van der Waals surface area contributed by atoms with Crippen molar-refractivity contribution in [2.75, 3.05) is 24.3 Å². The molecule has 0 fully saturated rings. The highest BCUT2D eigenvalue weighted by Crippen LogP contribution is 2.24. The van der Waals surface area contributed by atoms with E-state index in [1.54, 1.807) is 55.6 Å². The molecule has 6 nitrogen and oxygen atoms in total. The summed E-state index contributed by atoms with van der Waals surface area (Å²) < 4.78 is 30.7. The fourth-order valence-corrected chi connectivity index (χ4v) is 3.62. The minimum absolute atomic E-state index is 0.106. The lowest BCUT2D eigenvalue weighted by atomic mass is 10.1. The average molecular weight is 411 g/mol. The van der Waals surface area contributed by atoms with Gasteiger partial charge in [0.2, 0.25) is 10.0 Å². The fourth-order valence-electron chi connectivity index (χ4n) is 2.56. The van der Waals surface area contributed by atoms with Gasteiger partial charge in [0.05, 0.1) is 25.1 Å². The largest absolute Gasteiger partial charge is 0.383 e. The molecule has 2 aromatic rings. The van der Waals surface area contributed by atoms with Crippen LogP contribution in [0.2, 0.25) is 5.02 Å². The topological polar surface area (TPSA) is 75.7 Å². The first-order valence-electron chi connectivity index (χ1n) is 8.32. The van der Waals surface area contributed by atoms with Crippen molar-refractivity contribution in [3.05, 3.63) is 64.7 Å². The molecule has 0 saturated heterocycles. The molecule has 0 bridgehead atoms. The Bertz CT molecular complexity index is 885. The van der Waals surface area contributed by atoms with Gasteiger partial charge in [-0.3, -0.25) is 9.10 Å². The molecule has 0 aliphatic carbocycles. The van der Waals surface area contributed by atoms with Gasteiger partial charge in [-0.1, -0.05) is 29.8 Å². The van der Waals surface area contributed by atoms with Crippen LogP contribution in [0.25, 0.3) is 0 Å². The van der Waals surface area contributed by atoms with Crippen molar-refractivity contribution in [1.29, 1.82) is 0 Å². The number of amides is 1. The maximum atomic E-state index is 12.2. The smallest absolute Gasteiger partial charge is 0.251 e. The average Bonchev–Trinajstić information content (AvgIpc) is 2.59. The highest BCUT2D eigenvalue weighted by molar-refractivity contribution is 7.92. The molecule has 146 valence electrons. The van der Waals surface area contributed by atoms with Crippen LogP contribution in [0.5, 0.6) is 0 Å². The Morgan fingerprint density at radius 3 is 2.44 bits per heavy atom. The number of nitrogens with zero attached hydrogens (tertiary/aromatic N) is 1. The molecular formula is C19H23ClN2O4S. The molecule has 1 atom stereocenters. The van der Waals surface area contributed by atoms with Gasteiger partial charge in [0.25, 0.3) is 5.91 Å². The third kappa shape index (κ3) is 6.23. The lowest BCUT2D eigenvalue weighted by Gasteiger charge is -2.23. The van der Waals surface area contributed by atoms with Crippen molar-refractivity contribution < 1.29 is 17.9 Å². The Balaban J connectivity index is 2.16. The number of ether oxygens (including phenoxy) is 1. The summed E-state index contributed by atoms with van der Waals surface area (Å²) >= 11 is 5.99. The molecule has 2 rings (SSSR count). The van der Waals surface area contributed by atoms with Crippen molar-refractivity contribution >= 4 is 33.2 Å². The second-order valence-electron chi connectivity index (χ2n) is 6.28. The zero-order chi connectivity index (χ0) is 20.0. The van der Waals surface area contributed by atoms with E-state index in [2.05, 4.69) is 5.32 Å². The molecule has 1 N–H and O–H groups in total. The van der Waals surface area contributed by atoms with E-state index >= 15 is 0 Å². The number of anilines is 1. The summed E-state index contributed by atoms with van der Waals surface area (Å²) in [5, 5.41) is 3.29. The van der Waals surface area contributed by atoms with Crippen molar-refractivity contribution in [3.63, 3.8) is 0 Å². The lowest BCUT2D eigenvalue weighted by molar-refractivity contribution is 0.0905. The number of rotatable bonds is 8. The van der Waals surface area contributed by atoms with Crippen LogP contribution in [0.15, 0.2) is 48.5 Å². The zero-order valence-electron chi connectivity index (χ0n) is 15.5. The third-order valence-corrected chi connectivity index (χ3v) is 5.21. The normalized spacial score (nSPS) is 12.4. The second-order valence-corrected chi connectivity index (χ2v) is 8.62. The van der Waals surface area contributed by atoms with Crippen molar-refractivity contribution in [2.45, 2.75) is 19.5 Å². The van der Waals surface area contributed by atoms with Crippen LogP contribution in [-0.4, -0.2) is 40.3 Å². The van der Waals surface area contributed by atoms with E-state index in [4.69, 9.17) is 16.3 Å². The Kier molecular flexibility index (Phi) is 7.24. The van der Waals surface area contributed by atoms with Crippen LogP contribution in [-0.2, 0) is 21.3 Å². The van der Waals surface area contributed by atoms with Gasteiger partial charge in [-0.05, 0) is 42.8 Å². The first-order chi connectivity index (χ1) is 12.7. The summed E-state index contributed by atoms with van der Waals surface area (Å²) in [5.74, 6) is -0.207. The maximum absolute atomic E-state index is 12.2. The third-order valence-electron chi connectivity index (χ3n) is 3.83. The van der Waals surface area contributed by atoms with Crippen molar-refractivity contribution in [2.24, 2.45) is 0 Å². The van der Waals surface area contributed by atoms with Crippen LogP contribution in [0, 0.1) is 0 Å². The molecule has 1 amide bonds. The number of carbonyl (C=O) groups excluding carboxylic acids is 1. The predicted octanol–water partition coefficient (Wildman–Crippen LogP) is 3.07. The van der Waals surface area contributed by atoms with Crippen LogP contribution >= 0.6 is 11.6 Å². The van der Waals surface area contributed by atoms with E-state index in [0.29, 0.717) is 22.9 Å². The summed E-state index contributed by atoms with van der Waals surface area (Å²) in [4.78, 5) is 12.2. The summed E-state index contributed by atoms with van der Waals surface area (Å²) in [6.07, 6.45) is 1.15. The van der Waals surface area contributed by atoms with Gasteiger partial charge in [0.1, 0.15) is 0 Å². The van der Waals surface area contributed by atoms with Crippen molar-refractivity contribution in [1.82, 2.24) is 5.32 Å². The number of hydrogen-bond acceptors (Lipinski definition) is 4. The monoisotopic (exact) mass is 410 g/mol. The molecule has 0 aromatic heterocycles. The van der Waals surface area contributed by atoms with Gasteiger partial charge < -0.3 is 10.1 Å². The lowest BCUT2D eigenvalue weighted by Crippen LogP contribution is -2.35. The Morgan fingerprint density at radius 2 is 1.89 bits per heavy atom. The fraction of sp³-hybridized carbons (Fsp3) is 0.316. The van der Waals surface area contributed by atoms with Gasteiger partial charge in [-0.15, -0.1) is 0 Å². The highest BCUT2D eigenvalue weighted by Gasteiger charge is 2.18. The number of hydrogen-bond donors (Lipinski definition) is 1. The molecule has 0 aliphatic rings. The predicted molar refractivity (Wildman–Crippen MR) is 108 cm³/mol. The first-order valence-corrected chi connectivity index (χ1v) is 10.6. The number of nitrogens with one attached hydrogen (secondary N) is 1. The summed E-state index contributed by atoms with van der Waals surface area (Å²) in [7, 11) is -1.93. The number of halogens is 1. The quantitative estimate of drug-likeness (QED) is 0.725. The summed E-state index contributed by atoms with van der Waals surface area (Å²) in [6.45, 7) is 2.42. The zero-order valence-corrected chi connectivity index (χ0v) is 17.0. The van der Waals surface area contributed by atoms with Gasteiger partial charge in [-0.2, -0.15) is 0 Å². The number of carbonyl (C=O) groups is 1. The van der Waals surface area contributed by atoms with Gasteiger partial charge in [0, 0.05) is 23.7 Å². The van der Waals surface area contributed by atoms with E-state index in [9.17, 15) is 13.2 Å². The Labute approximate surface area is 165 Å². The molecular weight excluding hydrogens is 388 g/mol. The molecule has 0 heterocycles. The maximum Gasteiger partial charge on any atom is 0.251 e. The van der Waals surface area contributed by atoms with Crippen LogP contribution in [0.1, 0.15) is 22.8 Å². The van der Waals surface area contributed by atoms with Crippen LogP contribution in [0.4, 0.5) is 5.69 Å². The summed E-state index contributed by atoms with van der Waals surface area (Å²) in [5.41, 5.74) is 1.73. The molecule has 8 heteroatoms. The molecule has 0 aliphatic heterocycles.